The van der Waals surface area contributed by atoms with Crippen LogP contribution in [0.3, 0.4) is 0 Å². The van der Waals surface area contributed by atoms with Gasteiger partial charge in [0.1, 0.15) is 24.9 Å². The molecule has 1 aromatic rings. The molecule has 1 unspecified atom stereocenters. The van der Waals surface area contributed by atoms with Crippen LogP contribution in [0, 0.1) is 0 Å². The number of ether oxygens (including phenoxy) is 7. The fourth-order valence-corrected chi connectivity index (χ4v) is 4.85. The van der Waals surface area contributed by atoms with Gasteiger partial charge in [0.15, 0.2) is 23.1 Å². The first-order valence-electron chi connectivity index (χ1n) is 11.4. The second-order valence-electron chi connectivity index (χ2n) is 9.76. The van der Waals surface area contributed by atoms with Gasteiger partial charge < -0.3 is 33.2 Å². The number of para-hydroxylation sites is 2. The fourth-order valence-electron chi connectivity index (χ4n) is 4.26. The fraction of sp³-hybridized carbons (Fsp3) is 0.696. The van der Waals surface area contributed by atoms with E-state index in [2.05, 4.69) is 0 Å². The van der Waals surface area contributed by atoms with Gasteiger partial charge in [-0.2, -0.15) is 0 Å². The highest BCUT2D eigenvalue weighted by Gasteiger charge is 2.65. The standard InChI is InChI=1S/C23H33NO10S/c1-14(2)29-15-10-8-9-11-16(15)30-20(25)24(7)35(26)28-13-23-19(33-22(5,6)34-23)18-17(12-27-23)31-21(3,4)32-18/h8-11,14,17-19H,12-13H2,1-7H3/t17-,18-,19+,23+,35?/m1/s1. The van der Waals surface area contributed by atoms with Crippen molar-refractivity contribution in [1.29, 1.82) is 0 Å². The Bertz CT molecular complexity index is 969. The molecule has 3 saturated heterocycles. The summed E-state index contributed by atoms with van der Waals surface area (Å²) in [6, 6.07) is 6.72. The molecular formula is C23H33NO10S. The van der Waals surface area contributed by atoms with E-state index in [0.717, 1.165) is 4.31 Å². The van der Waals surface area contributed by atoms with Crippen molar-refractivity contribution in [2.24, 2.45) is 0 Å². The van der Waals surface area contributed by atoms with Gasteiger partial charge in [-0.05, 0) is 53.7 Å². The topological polar surface area (TPSA) is 111 Å². The van der Waals surface area contributed by atoms with E-state index >= 15 is 0 Å². The van der Waals surface area contributed by atoms with E-state index in [1.165, 1.54) is 7.05 Å². The van der Waals surface area contributed by atoms with E-state index in [1.54, 1.807) is 38.1 Å². The number of carbonyl (C=O) groups is 1. The van der Waals surface area contributed by atoms with Crippen LogP contribution >= 0.6 is 0 Å². The number of benzene rings is 1. The highest BCUT2D eigenvalue weighted by molar-refractivity contribution is 7.78. The SMILES string of the molecule is CC(C)Oc1ccccc1OC(=O)N(C)S(=O)OC[C@@]12OC[C@H]3OC(C)(C)O[C@H]3[C@@H]1OC(C)(C)O2. The minimum absolute atomic E-state index is 0.120. The van der Waals surface area contributed by atoms with Crippen molar-refractivity contribution in [3.63, 3.8) is 0 Å². The Balaban J connectivity index is 1.41. The molecule has 0 aromatic heterocycles. The predicted molar refractivity (Wildman–Crippen MR) is 123 cm³/mol. The smallest absolute Gasteiger partial charge is 0.428 e. The zero-order valence-corrected chi connectivity index (χ0v) is 21.8. The Kier molecular flexibility index (Phi) is 7.19. The second kappa shape index (κ2) is 9.58. The number of carbonyl (C=O) groups excluding carboxylic acids is 1. The first kappa shape index (κ1) is 26.3. The Morgan fingerprint density at radius 1 is 1.11 bits per heavy atom. The number of amides is 1. The monoisotopic (exact) mass is 515 g/mol. The Morgan fingerprint density at radius 3 is 2.49 bits per heavy atom. The maximum atomic E-state index is 12.8. The molecule has 1 amide bonds. The molecule has 196 valence electrons. The van der Waals surface area contributed by atoms with Gasteiger partial charge in [-0.1, -0.05) is 12.1 Å². The van der Waals surface area contributed by atoms with Gasteiger partial charge in [-0.25, -0.2) is 13.3 Å². The molecule has 35 heavy (non-hydrogen) atoms. The summed E-state index contributed by atoms with van der Waals surface area (Å²) in [4.78, 5) is 12.6. The second-order valence-corrected chi connectivity index (χ2v) is 11.0. The molecule has 5 atom stereocenters. The maximum absolute atomic E-state index is 12.8. The molecule has 0 saturated carbocycles. The van der Waals surface area contributed by atoms with Gasteiger partial charge in [-0.3, -0.25) is 4.18 Å². The lowest BCUT2D eigenvalue weighted by Gasteiger charge is -2.40. The molecule has 0 radical (unpaired) electrons. The minimum atomic E-state index is -2.22. The van der Waals surface area contributed by atoms with Crippen molar-refractivity contribution in [3.05, 3.63) is 24.3 Å². The van der Waals surface area contributed by atoms with E-state index < -0.39 is 46.9 Å². The summed E-state index contributed by atoms with van der Waals surface area (Å²) >= 11 is -2.22. The molecule has 12 heteroatoms. The first-order valence-corrected chi connectivity index (χ1v) is 12.5. The van der Waals surface area contributed by atoms with Gasteiger partial charge in [0, 0.05) is 7.05 Å². The van der Waals surface area contributed by atoms with Crippen LogP contribution in [0.1, 0.15) is 41.5 Å². The third kappa shape index (κ3) is 5.63. The first-order chi connectivity index (χ1) is 16.3. The molecular weight excluding hydrogens is 482 g/mol. The van der Waals surface area contributed by atoms with E-state index in [-0.39, 0.29) is 31.2 Å². The molecule has 11 nitrogen and oxygen atoms in total. The lowest BCUT2D eigenvalue weighted by Crippen LogP contribution is -2.60. The highest BCUT2D eigenvalue weighted by atomic mass is 32.2. The van der Waals surface area contributed by atoms with Crippen LogP contribution in [-0.4, -0.2) is 76.6 Å². The molecule has 3 heterocycles. The van der Waals surface area contributed by atoms with Crippen molar-refractivity contribution in [2.45, 2.75) is 83.3 Å². The lowest BCUT2D eigenvalue weighted by molar-refractivity contribution is -0.290. The largest absolute Gasteiger partial charge is 0.487 e. The summed E-state index contributed by atoms with van der Waals surface area (Å²) in [6.07, 6.45) is -2.54. The van der Waals surface area contributed by atoms with Crippen molar-refractivity contribution < 1.29 is 46.3 Å². The van der Waals surface area contributed by atoms with Crippen LogP contribution in [-0.2, 0) is 39.1 Å². The van der Waals surface area contributed by atoms with Crippen molar-refractivity contribution in [1.82, 2.24) is 4.31 Å². The normalized spacial score (nSPS) is 31.5. The maximum Gasteiger partial charge on any atom is 0.428 e. The molecule has 3 fully saturated rings. The molecule has 0 spiro atoms. The van der Waals surface area contributed by atoms with Crippen LogP contribution in [0.15, 0.2) is 24.3 Å². The molecule has 0 N–H and O–H groups in total. The average Bonchev–Trinajstić information content (AvgIpc) is 3.23. The van der Waals surface area contributed by atoms with Crippen molar-refractivity contribution in [2.75, 3.05) is 20.3 Å². The highest BCUT2D eigenvalue weighted by Crippen LogP contribution is 2.47. The Hall–Kier alpha value is -1.80. The van der Waals surface area contributed by atoms with Crippen LogP contribution in [0.5, 0.6) is 11.5 Å². The molecule has 4 rings (SSSR count). The number of hydrogen-bond acceptors (Lipinski definition) is 10. The van der Waals surface area contributed by atoms with E-state index in [1.807, 2.05) is 27.7 Å². The van der Waals surface area contributed by atoms with Gasteiger partial charge in [0.05, 0.1) is 12.7 Å². The summed E-state index contributed by atoms with van der Waals surface area (Å²) in [5.41, 5.74) is 0. The number of nitrogens with zero attached hydrogens (tertiary/aromatic N) is 1. The number of rotatable bonds is 7. The predicted octanol–water partition coefficient (Wildman–Crippen LogP) is 2.90. The lowest BCUT2D eigenvalue weighted by atomic mass is 9.98. The minimum Gasteiger partial charge on any atom is -0.487 e. The molecule has 3 aliphatic heterocycles. The van der Waals surface area contributed by atoms with Gasteiger partial charge in [0.25, 0.3) is 11.3 Å². The third-order valence-corrected chi connectivity index (χ3v) is 6.44. The van der Waals surface area contributed by atoms with Crippen LogP contribution in [0.25, 0.3) is 0 Å². The molecule has 0 aliphatic carbocycles. The Morgan fingerprint density at radius 2 is 1.80 bits per heavy atom. The van der Waals surface area contributed by atoms with Crippen molar-refractivity contribution in [3.8, 4) is 11.5 Å². The zero-order valence-electron chi connectivity index (χ0n) is 21.0. The average molecular weight is 516 g/mol. The van der Waals surface area contributed by atoms with Crippen LogP contribution < -0.4 is 9.47 Å². The number of fused-ring (bicyclic) bond motifs is 3. The summed E-state index contributed by atoms with van der Waals surface area (Å²) in [5.74, 6) is -2.62. The van der Waals surface area contributed by atoms with Gasteiger partial charge >= 0.3 is 6.09 Å². The van der Waals surface area contributed by atoms with Crippen molar-refractivity contribution >= 4 is 17.4 Å². The van der Waals surface area contributed by atoms with E-state index in [9.17, 15) is 9.00 Å². The number of hydrogen-bond donors (Lipinski definition) is 0. The van der Waals surface area contributed by atoms with Crippen LogP contribution in [0.4, 0.5) is 4.79 Å². The Labute approximate surface area is 207 Å². The summed E-state index contributed by atoms with van der Waals surface area (Å²) in [7, 11) is 1.30. The van der Waals surface area contributed by atoms with E-state index in [4.69, 9.17) is 37.3 Å². The molecule has 0 bridgehead atoms. The quantitative estimate of drug-likeness (QED) is 0.537. The van der Waals surface area contributed by atoms with Gasteiger partial charge in [-0.15, -0.1) is 0 Å². The summed E-state index contributed by atoms with van der Waals surface area (Å²) < 4.78 is 60.3. The third-order valence-electron chi connectivity index (χ3n) is 5.53. The molecule has 1 aromatic carbocycles. The molecule has 3 aliphatic rings. The summed E-state index contributed by atoms with van der Waals surface area (Å²) in [5, 5.41) is 0. The van der Waals surface area contributed by atoms with Crippen LogP contribution in [0.2, 0.25) is 0 Å². The zero-order chi connectivity index (χ0) is 25.6. The van der Waals surface area contributed by atoms with E-state index in [0.29, 0.717) is 5.75 Å². The summed E-state index contributed by atoms with van der Waals surface area (Å²) in [6.45, 7) is 10.7. The van der Waals surface area contributed by atoms with Gasteiger partial charge in [0.2, 0.25) is 5.79 Å².